The molecular formula is C19H27O4P. The molecular weight excluding hydrogens is 323 g/mol. The molecule has 24 heavy (non-hydrogen) atoms. The number of hydrogen-bond acceptors (Lipinski definition) is 4. The van der Waals surface area contributed by atoms with Gasteiger partial charge in [0.25, 0.3) is 0 Å². The standard InChI is InChI=1S/C19H27O4P/c1-16-10-17(2)12-18(3,22-16)23-19(4,11-16)24(17)15-8-7-13(20-5)9-14(15)21-6/h7-9H,10-12H2,1-6H3. The monoisotopic (exact) mass is 350 g/mol. The second kappa shape index (κ2) is 4.87. The lowest BCUT2D eigenvalue weighted by atomic mass is 9.78. The molecule has 4 aliphatic heterocycles. The second-order valence-electron chi connectivity index (χ2n) is 8.36. The second-order valence-corrected chi connectivity index (χ2v) is 11.5. The summed E-state index contributed by atoms with van der Waals surface area (Å²) in [4.78, 5) is 0. The maximum absolute atomic E-state index is 6.57. The molecule has 4 heterocycles. The maximum Gasteiger partial charge on any atom is 0.168 e. The predicted octanol–water partition coefficient (Wildman–Crippen LogP) is 4.01. The van der Waals surface area contributed by atoms with E-state index in [0.717, 1.165) is 30.8 Å². The zero-order chi connectivity index (χ0) is 17.4. The summed E-state index contributed by atoms with van der Waals surface area (Å²) >= 11 is 0. The van der Waals surface area contributed by atoms with E-state index in [-0.39, 0.29) is 16.1 Å². The topological polar surface area (TPSA) is 36.9 Å². The Kier molecular flexibility index (Phi) is 3.37. The molecule has 0 saturated carbocycles. The summed E-state index contributed by atoms with van der Waals surface area (Å²) in [5.41, 5.74) is -0.0900. The van der Waals surface area contributed by atoms with Crippen LogP contribution in [0.2, 0.25) is 0 Å². The summed E-state index contributed by atoms with van der Waals surface area (Å²) in [7, 11) is 2.87. The Morgan fingerprint density at radius 1 is 0.958 bits per heavy atom. The van der Waals surface area contributed by atoms with E-state index in [1.807, 2.05) is 12.1 Å². The van der Waals surface area contributed by atoms with Crippen molar-refractivity contribution in [2.24, 2.45) is 0 Å². The van der Waals surface area contributed by atoms with Crippen LogP contribution in [0.5, 0.6) is 11.5 Å². The normalized spacial score (nSPS) is 46.2. The predicted molar refractivity (Wildman–Crippen MR) is 95.7 cm³/mol. The molecule has 132 valence electrons. The average Bonchev–Trinajstić information content (AvgIpc) is 2.42. The third kappa shape index (κ3) is 2.23. The van der Waals surface area contributed by atoms with E-state index in [2.05, 4.69) is 33.8 Å². The highest BCUT2D eigenvalue weighted by Crippen LogP contribution is 2.77. The summed E-state index contributed by atoms with van der Waals surface area (Å²) < 4.78 is 24.0. The van der Waals surface area contributed by atoms with Crippen molar-refractivity contribution < 1.29 is 18.9 Å². The molecule has 4 saturated heterocycles. The zero-order valence-electron chi connectivity index (χ0n) is 15.4. The van der Waals surface area contributed by atoms with Crippen LogP contribution >= 0.6 is 7.92 Å². The Labute approximate surface area is 145 Å². The first-order valence-electron chi connectivity index (χ1n) is 8.57. The van der Waals surface area contributed by atoms with Gasteiger partial charge in [-0.1, -0.05) is 6.92 Å². The van der Waals surface area contributed by atoms with E-state index in [1.165, 1.54) is 5.30 Å². The van der Waals surface area contributed by atoms with Crippen LogP contribution in [-0.4, -0.2) is 36.1 Å². The van der Waals surface area contributed by atoms with E-state index in [1.54, 1.807) is 14.2 Å². The molecule has 5 atom stereocenters. The van der Waals surface area contributed by atoms with Gasteiger partial charge in [-0.25, -0.2) is 0 Å². The lowest BCUT2D eigenvalue weighted by molar-refractivity contribution is -0.378. The molecule has 4 nitrogen and oxygen atoms in total. The molecule has 5 rings (SSSR count). The van der Waals surface area contributed by atoms with Crippen molar-refractivity contribution in [3.05, 3.63) is 18.2 Å². The fourth-order valence-electron chi connectivity index (χ4n) is 5.87. The number of ether oxygens (including phenoxy) is 4. The molecule has 4 fully saturated rings. The SMILES string of the molecule is COc1ccc(P2C3(C)CC4(C)CC2(C)OC(C)(C3)O4)c(OC)c1. The summed E-state index contributed by atoms with van der Waals surface area (Å²) in [5, 5.41) is 1.28. The van der Waals surface area contributed by atoms with Gasteiger partial charge in [0.1, 0.15) is 11.5 Å². The molecule has 4 aliphatic rings. The largest absolute Gasteiger partial charge is 0.497 e. The third-order valence-corrected chi connectivity index (χ3v) is 9.14. The van der Waals surface area contributed by atoms with Crippen LogP contribution in [-0.2, 0) is 9.47 Å². The maximum atomic E-state index is 6.57. The van der Waals surface area contributed by atoms with Crippen molar-refractivity contribution in [2.75, 3.05) is 14.2 Å². The number of methoxy groups -OCH3 is 2. The zero-order valence-corrected chi connectivity index (χ0v) is 16.3. The Morgan fingerprint density at radius 3 is 2.29 bits per heavy atom. The van der Waals surface area contributed by atoms with Gasteiger partial charge in [-0.2, -0.15) is 0 Å². The molecule has 1 aromatic rings. The Morgan fingerprint density at radius 2 is 1.71 bits per heavy atom. The molecule has 0 spiro atoms. The highest BCUT2D eigenvalue weighted by atomic mass is 31.1. The van der Waals surface area contributed by atoms with E-state index in [9.17, 15) is 0 Å². The van der Waals surface area contributed by atoms with Crippen LogP contribution in [0, 0.1) is 0 Å². The molecule has 0 aliphatic carbocycles. The number of benzene rings is 1. The molecule has 0 N–H and O–H groups in total. The van der Waals surface area contributed by atoms with Gasteiger partial charge in [0.05, 0.1) is 25.2 Å². The minimum absolute atomic E-state index is 0.0900. The van der Waals surface area contributed by atoms with Crippen molar-refractivity contribution in [1.82, 2.24) is 0 Å². The lowest BCUT2D eigenvalue weighted by Gasteiger charge is -2.70. The van der Waals surface area contributed by atoms with Gasteiger partial charge in [0, 0.05) is 29.4 Å². The van der Waals surface area contributed by atoms with Gasteiger partial charge in [0.2, 0.25) is 0 Å². The molecule has 0 aromatic heterocycles. The van der Waals surface area contributed by atoms with E-state index in [0.29, 0.717) is 0 Å². The summed E-state index contributed by atoms with van der Waals surface area (Å²) in [6.45, 7) is 9.05. The Hall–Kier alpha value is -0.830. The van der Waals surface area contributed by atoms with Crippen molar-refractivity contribution >= 4 is 13.2 Å². The number of hydrogen-bond donors (Lipinski definition) is 0. The molecule has 4 bridgehead atoms. The molecule has 0 amide bonds. The fourth-order valence-corrected chi connectivity index (χ4v) is 10.4. The van der Waals surface area contributed by atoms with Crippen molar-refractivity contribution in [1.29, 1.82) is 0 Å². The van der Waals surface area contributed by atoms with Crippen LogP contribution in [0.1, 0.15) is 47.0 Å². The van der Waals surface area contributed by atoms with Crippen LogP contribution in [0.25, 0.3) is 0 Å². The smallest absolute Gasteiger partial charge is 0.168 e. The Bertz CT molecular complexity index is 644. The Balaban J connectivity index is 1.85. The van der Waals surface area contributed by atoms with E-state index < -0.39 is 13.7 Å². The molecule has 5 unspecified atom stereocenters. The van der Waals surface area contributed by atoms with Crippen molar-refractivity contribution in [3.63, 3.8) is 0 Å². The third-order valence-electron chi connectivity index (χ3n) is 5.70. The average molecular weight is 350 g/mol. The first kappa shape index (κ1) is 16.6. The van der Waals surface area contributed by atoms with E-state index in [4.69, 9.17) is 18.9 Å². The minimum Gasteiger partial charge on any atom is -0.497 e. The first-order valence-corrected chi connectivity index (χ1v) is 9.91. The first-order chi connectivity index (χ1) is 11.1. The molecule has 0 radical (unpaired) electrons. The summed E-state index contributed by atoms with van der Waals surface area (Å²) in [6, 6.07) is 6.21. The highest BCUT2D eigenvalue weighted by Gasteiger charge is 2.70. The van der Waals surface area contributed by atoms with Crippen molar-refractivity contribution in [2.45, 2.75) is 68.8 Å². The minimum atomic E-state index is -0.556. The van der Waals surface area contributed by atoms with E-state index >= 15 is 0 Å². The molecule has 1 aromatic carbocycles. The van der Waals surface area contributed by atoms with Crippen LogP contribution in [0.4, 0.5) is 0 Å². The highest BCUT2D eigenvalue weighted by molar-refractivity contribution is 7.68. The quantitative estimate of drug-likeness (QED) is 0.772. The van der Waals surface area contributed by atoms with Gasteiger partial charge in [-0.15, -0.1) is 0 Å². The van der Waals surface area contributed by atoms with Crippen LogP contribution < -0.4 is 14.8 Å². The summed E-state index contributed by atoms with van der Waals surface area (Å²) in [5.74, 6) is 1.28. The number of rotatable bonds is 3. The van der Waals surface area contributed by atoms with Gasteiger partial charge < -0.3 is 18.9 Å². The van der Waals surface area contributed by atoms with Crippen LogP contribution in [0.15, 0.2) is 18.2 Å². The van der Waals surface area contributed by atoms with Gasteiger partial charge in [-0.3, -0.25) is 0 Å². The van der Waals surface area contributed by atoms with Gasteiger partial charge in [0.15, 0.2) is 5.79 Å². The van der Waals surface area contributed by atoms with Crippen LogP contribution in [0.3, 0.4) is 0 Å². The van der Waals surface area contributed by atoms with Gasteiger partial charge >= 0.3 is 0 Å². The summed E-state index contributed by atoms with van der Waals surface area (Å²) in [6.07, 6.45) is 2.95. The lowest BCUT2D eigenvalue weighted by Crippen LogP contribution is -2.70. The molecule has 5 heteroatoms. The van der Waals surface area contributed by atoms with Gasteiger partial charge in [-0.05, 0) is 47.2 Å². The van der Waals surface area contributed by atoms with Crippen molar-refractivity contribution in [3.8, 4) is 11.5 Å². The fraction of sp³-hybridized carbons (Fsp3) is 0.684.